The number of pyridine rings is 1. The van der Waals surface area contributed by atoms with Crippen molar-refractivity contribution < 1.29 is 4.74 Å². The molecule has 0 bridgehead atoms. The van der Waals surface area contributed by atoms with E-state index in [1.54, 1.807) is 19.5 Å². The Morgan fingerprint density at radius 1 is 1.11 bits per heavy atom. The molecule has 0 fully saturated rings. The Bertz CT molecular complexity index is 489. The summed E-state index contributed by atoms with van der Waals surface area (Å²) in [5, 5.41) is 3.29. The molecule has 2 heterocycles. The van der Waals surface area contributed by atoms with Crippen LogP contribution in [-0.2, 0) is 4.74 Å². The van der Waals surface area contributed by atoms with Crippen LogP contribution in [-0.4, -0.2) is 35.2 Å². The summed E-state index contributed by atoms with van der Waals surface area (Å²) in [5.74, 6) is 0.856. The molecule has 0 spiro atoms. The maximum Gasteiger partial charge on any atom is 0.180 e. The molecule has 96 valence electrons. The fourth-order valence-corrected chi connectivity index (χ4v) is 1.72. The van der Waals surface area contributed by atoms with Crippen molar-refractivity contribution in [2.45, 2.75) is 19.3 Å². The number of methoxy groups -OCH3 is 1. The second kappa shape index (κ2) is 6.86. The smallest absolute Gasteiger partial charge is 0.180 e. The van der Waals surface area contributed by atoms with Gasteiger partial charge < -0.3 is 10.1 Å². The second-order valence-electron chi connectivity index (χ2n) is 4.08. The Hall–Kier alpha value is -1.75. The van der Waals surface area contributed by atoms with E-state index in [-0.39, 0.29) is 0 Å². The predicted molar refractivity (Wildman–Crippen MR) is 71.5 cm³/mol. The van der Waals surface area contributed by atoms with Crippen LogP contribution in [0.5, 0.6) is 0 Å². The van der Waals surface area contributed by atoms with Crippen LogP contribution < -0.4 is 5.32 Å². The van der Waals surface area contributed by atoms with Gasteiger partial charge in [-0.2, -0.15) is 0 Å². The first kappa shape index (κ1) is 12.7. The van der Waals surface area contributed by atoms with Gasteiger partial charge in [0.1, 0.15) is 11.3 Å². The van der Waals surface area contributed by atoms with Crippen molar-refractivity contribution in [3.05, 3.63) is 24.5 Å². The van der Waals surface area contributed by atoms with Crippen LogP contribution in [0.4, 0.5) is 5.82 Å². The van der Waals surface area contributed by atoms with E-state index < -0.39 is 0 Å². The van der Waals surface area contributed by atoms with Crippen molar-refractivity contribution in [3.63, 3.8) is 0 Å². The van der Waals surface area contributed by atoms with Gasteiger partial charge in [-0.25, -0.2) is 9.97 Å². The normalized spacial score (nSPS) is 10.7. The fraction of sp³-hybridized carbons (Fsp3) is 0.462. The van der Waals surface area contributed by atoms with E-state index in [4.69, 9.17) is 4.74 Å². The van der Waals surface area contributed by atoms with Gasteiger partial charge in [-0.05, 0) is 31.4 Å². The maximum atomic E-state index is 5.01. The second-order valence-corrected chi connectivity index (χ2v) is 4.08. The zero-order chi connectivity index (χ0) is 12.6. The number of hydrogen-bond donors (Lipinski definition) is 1. The number of unbranched alkanes of at least 4 members (excludes halogenated alkanes) is 2. The van der Waals surface area contributed by atoms with Crippen molar-refractivity contribution in [3.8, 4) is 0 Å². The van der Waals surface area contributed by atoms with Crippen molar-refractivity contribution in [2.75, 3.05) is 25.6 Å². The summed E-state index contributed by atoms with van der Waals surface area (Å²) in [7, 11) is 1.73. The lowest BCUT2D eigenvalue weighted by atomic mass is 10.2. The Morgan fingerprint density at radius 2 is 2.00 bits per heavy atom. The first-order valence-corrected chi connectivity index (χ1v) is 6.21. The zero-order valence-electron chi connectivity index (χ0n) is 10.6. The highest BCUT2D eigenvalue weighted by atomic mass is 16.5. The molecule has 0 aliphatic rings. The van der Waals surface area contributed by atoms with Gasteiger partial charge in [-0.3, -0.25) is 4.98 Å². The Kier molecular flexibility index (Phi) is 4.84. The summed E-state index contributed by atoms with van der Waals surface area (Å²) in [5.41, 5.74) is 1.50. The average molecular weight is 246 g/mol. The van der Waals surface area contributed by atoms with Gasteiger partial charge in [0.05, 0.1) is 0 Å². The number of fused-ring (bicyclic) bond motifs is 1. The number of nitrogens with zero attached hydrogens (tertiary/aromatic N) is 3. The van der Waals surface area contributed by atoms with Crippen molar-refractivity contribution in [2.24, 2.45) is 0 Å². The summed E-state index contributed by atoms with van der Waals surface area (Å²) in [6.45, 7) is 1.76. The Labute approximate surface area is 107 Å². The molecule has 18 heavy (non-hydrogen) atoms. The van der Waals surface area contributed by atoms with Crippen LogP contribution in [0, 0.1) is 0 Å². The molecule has 0 saturated heterocycles. The maximum absolute atomic E-state index is 5.01. The number of rotatable bonds is 7. The molecule has 0 amide bonds. The summed E-state index contributed by atoms with van der Waals surface area (Å²) in [6, 6.07) is 3.87. The SMILES string of the molecule is COCCCCCNc1ccc2nccnc2n1. The fourth-order valence-electron chi connectivity index (χ4n) is 1.72. The molecule has 2 aromatic heterocycles. The molecule has 5 nitrogen and oxygen atoms in total. The van der Waals surface area contributed by atoms with E-state index in [1.807, 2.05) is 12.1 Å². The molecular formula is C13H18N4O. The van der Waals surface area contributed by atoms with Crippen molar-refractivity contribution in [1.82, 2.24) is 15.0 Å². The third kappa shape index (κ3) is 3.63. The highest BCUT2D eigenvalue weighted by Crippen LogP contribution is 2.10. The summed E-state index contributed by atoms with van der Waals surface area (Å²) >= 11 is 0. The molecule has 0 aliphatic carbocycles. The highest BCUT2D eigenvalue weighted by molar-refractivity contribution is 5.71. The first-order valence-electron chi connectivity index (χ1n) is 6.21. The van der Waals surface area contributed by atoms with Gasteiger partial charge in [-0.1, -0.05) is 0 Å². The average Bonchev–Trinajstić information content (AvgIpc) is 2.42. The molecule has 0 radical (unpaired) electrons. The Balaban J connectivity index is 1.81. The largest absolute Gasteiger partial charge is 0.385 e. The number of ether oxygens (including phenoxy) is 1. The minimum absolute atomic E-state index is 0.682. The van der Waals surface area contributed by atoms with Crippen LogP contribution in [0.25, 0.3) is 11.2 Å². The lowest BCUT2D eigenvalue weighted by Gasteiger charge is -2.05. The monoisotopic (exact) mass is 246 g/mol. The molecule has 0 aromatic carbocycles. The summed E-state index contributed by atoms with van der Waals surface area (Å²) in [4.78, 5) is 12.8. The molecule has 0 unspecified atom stereocenters. The van der Waals surface area contributed by atoms with Crippen LogP contribution >= 0.6 is 0 Å². The summed E-state index contributed by atoms with van der Waals surface area (Å²) in [6.07, 6.45) is 6.71. The third-order valence-electron chi connectivity index (χ3n) is 2.66. The van der Waals surface area contributed by atoms with Crippen LogP contribution in [0.15, 0.2) is 24.5 Å². The van der Waals surface area contributed by atoms with E-state index >= 15 is 0 Å². The minimum Gasteiger partial charge on any atom is -0.385 e. The van der Waals surface area contributed by atoms with Crippen LogP contribution in [0.3, 0.4) is 0 Å². The van der Waals surface area contributed by atoms with Gasteiger partial charge in [0.15, 0.2) is 5.65 Å². The van der Waals surface area contributed by atoms with Gasteiger partial charge in [0.2, 0.25) is 0 Å². The standard InChI is InChI=1S/C13H18N4O/c1-18-10-4-2-3-7-15-12-6-5-11-13(17-12)16-9-8-14-11/h5-6,8-9H,2-4,7,10H2,1H3,(H,15,16,17). The van der Waals surface area contributed by atoms with Crippen LogP contribution in [0.2, 0.25) is 0 Å². The van der Waals surface area contributed by atoms with E-state index in [0.717, 1.165) is 43.7 Å². The third-order valence-corrected chi connectivity index (χ3v) is 2.66. The topological polar surface area (TPSA) is 59.9 Å². The van der Waals surface area contributed by atoms with E-state index in [1.165, 1.54) is 0 Å². The van der Waals surface area contributed by atoms with Gasteiger partial charge in [0.25, 0.3) is 0 Å². The summed E-state index contributed by atoms with van der Waals surface area (Å²) < 4.78 is 5.01. The first-order chi connectivity index (χ1) is 8.90. The molecule has 0 atom stereocenters. The molecule has 5 heteroatoms. The number of nitrogens with one attached hydrogen (secondary N) is 1. The van der Waals surface area contributed by atoms with Gasteiger partial charge in [-0.15, -0.1) is 0 Å². The minimum atomic E-state index is 0.682. The van der Waals surface area contributed by atoms with Crippen molar-refractivity contribution >= 4 is 17.0 Å². The quantitative estimate of drug-likeness (QED) is 0.759. The molecular weight excluding hydrogens is 228 g/mol. The lowest BCUT2D eigenvalue weighted by molar-refractivity contribution is 0.192. The van der Waals surface area contributed by atoms with E-state index in [9.17, 15) is 0 Å². The van der Waals surface area contributed by atoms with Crippen LogP contribution in [0.1, 0.15) is 19.3 Å². The number of hydrogen-bond acceptors (Lipinski definition) is 5. The highest BCUT2D eigenvalue weighted by Gasteiger charge is 1.98. The van der Waals surface area contributed by atoms with Gasteiger partial charge >= 0.3 is 0 Å². The molecule has 1 N–H and O–H groups in total. The van der Waals surface area contributed by atoms with Crippen molar-refractivity contribution in [1.29, 1.82) is 0 Å². The van der Waals surface area contributed by atoms with E-state index in [2.05, 4.69) is 20.3 Å². The Morgan fingerprint density at radius 3 is 2.89 bits per heavy atom. The van der Waals surface area contributed by atoms with Gasteiger partial charge in [0, 0.05) is 32.7 Å². The zero-order valence-corrected chi connectivity index (χ0v) is 10.6. The number of aromatic nitrogens is 3. The van der Waals surface area contributed by atoms with E-state index in [0.29, 0.717) is 5.65 Å². The number of anilines is 1. The molecule has 0 saturated carbocycles. The predicted octanol–water partition coefficient (Wildman–Crippen LogP) is 2.25. The molecule has 2 aromatic rings. The lowest BCUT2D eigenvalue weighted by Crippen LogP contribution is -2.04. The molecule has 2 rings (SSSR count). The molecule has 0 aliphatic heterocycles.